The number of nitrogens with one attached hydrogen (secondary N) is 2. The number of pyridine rings is 1. The molecule has 1 amide bonds. The van der Waals surface area contributed by atoms with Crippen molar-refractivity contribution in [3.8, 4) is 0 Å². The molecule has 1 aromatic heterocycles. The van der Waals surface area contributed by atoms with Gasteiger partial charge in [0.2, 0.25) is 0 Å². The molecule has 0 unspecified atom stereocenters. The topological polar surface area (TPSA) is 57.3 Å². The summed E-state index contributed by atoms with van der Waals surface area (Å²) in [4.78, 5) is 17.4. The third-order valence-corrected chi connectivity index (χ3v) is 2.55. The van der Waals surface area contributed by atoms with Crippen LogP contribution in [-0.2, 0) is 0 Å². The monoisotopic (exact) mass is 220 g/mol. The molecule has 1 aromatic rings. The maximum Gasteiger partial charge on any atom is 0.254 e. The predicted octanol–water partition coefficient (Wildman–Crippen LogP) is 0.167. The average Bonchev–Trinajstić information content (AvgIpc) is 2.23. The molecule has 0 aliphatic carbocycles. The van der Waals surface area contributed by atoms with E-state index in [2.05, 4.69) is 15.6 Å². The Kier molecular flexibility index (Phi) is 3.05. The van der Waals surface area contributed by atoms with Crippen LogP contribution in [0.25, 0.3) is 0 Å². The smallest absolute Gasteiger partial charge is 0.254 e. The van der Waals surface area contributed by atoms with E-state index >= 15 is 0 Å². The first kappa shape index (κ1) is 10.9. The Hall–Kier alpha value is -1.62. The molecule has 0 saturated carbocycles. The molecule has 5 heteroatoms. The van der Waals surface area contributed by atoms with E-state index < -0.39 is 0 Å². The van der Waals surface area contributed by atoms with Gasteiger partial charge in [-0.25, -0.2) is 4.98 Å². The van der Waals surface area contributed by atoms with Gasteiger partial charge >= 0.3 is 0 Å². The highest BCUT2D eigenvalue weighted by Gasteiger charge is 2.16. The highest BCUT2D eigenvalue weighted by molar-refractivity contribution is 5.93. The molecule has 16 heavy (non-hydrogen) atoms. The van der Waals surface area contributed by atoms with Crippen LogP contribution in [0.3, 0.4) is 0 Å². The number of hydrogen-bond acceptors (Lipinski definition) is 4. The molecule has 0 radical (unpaired) electrons. The summed E-state index contributed by atoms with van der Waals surface area (Å²) in [6.07, 6.45) is 1.61. The fraction of sp³-hybridized carbons (Fsp3) is 0.455. The number of hydrogen-bond donors (Lipinski definition) is 2. The Labute approximate surface area is 94.9 Å². The Morgan fingerprint density at radius 2 is 2.25 bits per heavy atom. The Morgan fingerprint density at radius 3 is 2.69 bits per heavy atom. The number of carbonyl (C=O) groups is 1. The van der Waals surface area contributed by atoms with Crippen molar-refractivity contribution in [2.75, 3.05) is 32.5 Å². The fourth-order valence-corrected chi connectivity index (χ4v) is 1.46. The molecule has 2 heterocycles. The molecule has 86 valence electrons. The number of rotatable bonds is 3. The highest BCUT2D eigenvalue weighted by atomic mass is 16.2. The first-order valence-corrected chi connectivity index (χ1v) is 5.32. The Balaban J connectivity index is 2.00. The van der Waals surface area contributed by atoms with Gasteiger partial charge in [-0.3, -0.25) is 4.79 Å². The van der Waals surface area contributed by atoms with E-state index in [9.17, 15) is 4.79 Å². The summed E-state index contributed by atoms with van der Waals surface area (Å²) in [7, 11) is 3.46. The van der Waals surface area contributed by atoms with Crippen LogP contribution < -0.4 is 10.6 Å². The Morgan fingerprint density at radius 1 is 1.50 bits per heavy atom. The average molecular weight is 220 g/mol. The van der Waals surface area contributed by atoms with Gasteiger partial charge in [0.1, 0.15) is 5.82 Å². The zero-order valence-corrected chi connectivity index (χ0v) is 9.53. The zero-order chi connectivity index (χ0) is 11.5. The summed E-state index contributed by atoms with van der Waals surface area (Å²) in [5.74, 6) is 0.797. The molecular weight excluding hydrogens is 204 g/mol. The van der Waals surface area contributed by atoms with Crippen LogP contribution in [0.1, 0.15) is 10.4 Å². The lowest BCUT2D eigenvalue weighted by Gasteiger charge is -2.28. The minimum absolute atomic E-state index is 0.0237. The van der Waals surface area contributed by atoms with Crippen molar-refractivity contribution < 1.29 is 4.79 Å². The molecule has 2 N–H and O–H groups in total. The van der Waals surface area contributed by atoms with Gasteiger partial charge in [0.05, 0.1) is 11.6 Å². The quantitative estimate of drug-likeness (QED) is 0.762. The van der Waals surface area contributed by atoms with Crippen molar-refractivity contribution in [3.63, 3.8) is 0 Å². The normalized spacial score (nSPS) is 15.4. The van der Waals surface area contributed by atoms with Crippen molar-refractivity contribution in [3.05, 3.63) is 23.9 Å². The molecular formula is C11H16N4O. The van der Waals surface area contributed by atoms with Crippen LogP contribution in [0.4, 0.5) is 5.82 Å². The second kappa shape index (κ2) is 4.49. The highest BCUT2D eigenvalue weighted by Crippen LogP contribution is 2.09. The van der Waals surface area contributed by atoms with Crippen LogP contribution in [0.15, 0.2) is 18.3 Å². The molecule has 0 bridgehead atoms. The fourth-order valence-electron chi connectivity index (χ4n) is 1.46. The molecule has 0 aromatic carbocycles. The maximum atomic E-state index is 11.6. The number of aromatic nitrogens is 1. The number of anilines is 1. The van der Waals surface area contributed by atoms with Gasteiger partial charge in [-0.05, 0) is 12.1 Å². The summed E-state index contributed by atoms with van der Waals surface area (Å²) in [6, 6.07) is 4.10. The summed E-state index contributed by atoms with van der Waals surface area (Å²) in [5.41, 5.74) is 0.613. The number of amides is 1. The third-order valence-electron chi connectivity index (χ3n) is 2.55. The SMILES string of the molecule is CN(C)C(=O)c1ccc(NC2CNC2)nc1. The lowest BCUT2D eigenvalue weighted by atomic mass is 10.2. The van der Waals surface area contributed by atoms with Crippen LogP contribution in [0.2, 0.25) is 0 Å². The molecule has 1 fully saturated rings. The van der Waals surface area contributed by atoms with E-state index in [-0.39, 0.29) is 5.91 Å². The molecule has 0 spiro atoms. The molecule has 1 saturated heterocycles. The van der Waals surface area contributed by atoms with E-state index in [0.717, 1.165) is 18.9 Å². The minimum Gasteiger partial charge on any atom is -0.365 e. The molecule has 1 aliphatic rings. The van der Waals surface area contributed by atoms with Gasteiger partial charge in [-0.1, -0.05) is 0 Å². The van der Waals surface area contributed by atoms with E-state index in [4.69, 9.17) is 0 Å². The summed E-state index contributed by atoms with van der Waals surface area (Å²) < 4.78 is 0. The number of carbonyl (C=O) groups excluding carboxylic acids is 1. The third kappa shape index (κ3) is 2.30. The lowest BCUT2D eigenvalue weighted by molar-refractivity contribution is 0.0827. The largest absolute Gasteiger partial charge is 0.365 e. The summed E-state index contributed by atoms with van der Waals surface area (Å²) in [5, 5.41) is 6.45. The summed E-state index contributed by atoms with van der Waals surface area (Å²) >= 11 is 0. The van der Waals surface area contributed by atoms with E-state index in [0.29, 0.717) is 11.6 Å². The van der Waals surface area contributed by atoms with Crippen molar-refractivity contribution >= 4 is 11.7 Å². The van der Waals surface area contributed by atoms with Gasteiger partial charge in [0.15, 0.2) is 0 Å². The standard InChI is InChI=1S/C11H16N4O/c1-15(2)11(16)8-3-4-10(13-5-8)14-9-6-12-7-9/h3-5,9,12H,6-7H2,1-2H3,(H,13,14). The van der Waals surface area contributed by atoms with Crippen molar-refractivity contribution in [1.82, 2.24) is 15.2 Å². The first-order chi connectivity index (χ1) is 7.66. The van der Waals surface area contributed by atoms with Crippen LogP contribution in [0.5, 0.6) is 0 Å². The molecule has 0 atom stereocenters. The Bertz CT molecular complexity index is 370. The lowest BCUT2D eigenvalue weighted by Crippen LogP contribution is -2.51. The van der Waals surface area contributed by atoms with Crippen molar-refractivity contribution in [1.29, 1.82) is 0 Å². The molecule has 5 nitrogen and oxygen atoms in total. The van der Waals surface area contributed by atoms with E-state index in [1.807, 2.05) is 6.07 Å². The van der Waals surface area contributed by atoms with Crippen molar-refractivity contribution in [2.45, 2.75) is 6.04 Å². The minimum atomic E-state index is -0.0237. The van der Waals surface area contributed by atoms with Crippen LogP contribution in [0, 0.1) is 0 Å². The van der Waals surface area contributed by atoms with Gasteiger partial charge in [-0.2, -0.15) is 0 Å². The van der Waals surface area contributed by atoms with Crippen molar-refractivity contribution in [2.24, 2.45) is 0 Å². The molecule has 2 rings (SSSR count). The van der Waals surface area contributed by atoms with E-state index in [1.165, 1.54) is 0 Å². The van der Waals surface area contributed by atoms with Gasteiger partial charge in [-0.15, -0.1) is 0 Å². The summed E-state index contributed by atoms with van der Waals surface area (Å²) in [6.45, 7) is 1.94. The van der Waals surface area contributed by atoms with Gasteiger partial charge in [0.25, 0.3) is 5.91 Å². The molecule has 1 aliphatic heterocycles. The zero-order valence-electron chi connectivity index (χ0n) is 9.53. The van der Waals surface area contributed by atoms with Crippen LogP contribution >= 0.6 is 0 Å². The van der Waals surface area contributed by atoms with Gasteiger partial charge in [0, 0.05) is 33.4 Å². The second-order valence-corrected chi connectivity index (χ2v) is 4.13. The van der Waals surface area contributed by atoms with Crippen LogP contribution in [-0.4, -0.2) is 49.0 Å². The van der Waals surface area contributed by atoms with Gasteiger partial charge < -0.3 is 15.5 Å². The second-order valence-electron chi connectivity index (χ2n) is 4.13. The maximum absolute atomic E-state index is 11.6. The number of nitrogens with zero attached hydrogens (tertiary/aromatic N) is 2. The predicted molar refractivity (Wildman–Crippen MR) is 62.5 cm³/mol. The first-order valence-electron chi connectivity index (χ1n) is 5.32. The van der Waals surface area contributed by atoms with E-state index in [1.54, 1.807) is 31.3 Å².